The number of aromatic nitrogens is 3. The predicted octanol–water partition coefficient (Wildman–Crippen LogP) is 4.58. The summed E-state index contributed by atoms with van der Waals surface area (Å²) >= 11 is 0. The van der Waals surface area contributed by atoms with Gasteiger partial charge >= 0.3 is 0 Å². The van der Waals surface area contributed by atoms with Crippen molar-refractivity contribution < 1.29 is 4.74 Å². The zero-order valence-corrected chi connectivity index (χ0v) is 16.9. The summed E-state index contributed by atoms with van der Waals surface area (Å²) < 4.78 is 8.01. The lowest BCUT2D eigenvalue weighted by Crippen LogP contribution is -2.29. The molecule has 0 aliphatic carbocycles. The van der Waals surface area contributed by atoms with E-state index in [4.69, 9.17) is 4.74 Å². The molecule has 0 unspecified atom stereocenters. The van der Waals surface area contributed by atoms with Crippen molar-refractivity contribution in [2.24, 2.45) is 0 Å². The van der Waals surface area contributed by atoms with Gasteiger partial charge in [0.2, 0.25) is 5.88 Å². The summed E-state index contributed by atoms with van der Waals surface area (Å²) in [5.41, 5.74) is 7.70. The molecule has 0 amide bonds. The first kappa shape index (κ1) is 17.0. The molecular weight excluding hydrogens is 360 g/mol. The van der Waals surface area contributed by atoms with Crippen LogP contribution in [0, 0.1) is 6.92 Å². The minimum Gasteiger partial charge on any atom is -0.480 e. The average molecular weight is 384 g/mol. The highest BCUT2D eigenvalue weighted by atomic mass is 16.5. The largest absolute Gasteiger partial charge is 0.480 e. The second-order valence-corrected chi connectivity index (χ2v) is 8.35. The van der Waals surface area contributed by atoms with Gasteiger partial charge in [0.15, 0.2) is 0 Å². The number of benzene rings is 2. The third-order valence-corrected chi connectivity index (χ3v) is 6.66. The van der Waals surface area contributed by atoms with Gasteiger partial charge in [-0.25, -0.2) is 9.97 Å². The molecule has 5 heterocycles. The monoisotopic (exact) mass is 384 g/mol. The number of aryl methyl sites for hydroxylation is 1. The molecule has 2 aromatic carbocycles. The minimum absolute atomic E-state index is 0.612. The highest BCUT2D eigenvalue weighted by molar-refractivity contribution is 5.90. The Morgan fingerprint density at radius 2 is 1.86 bits per heavy atom. The number of hydrogen-bond donors (Lipinski definition) is 0. The van der Waals surface area contributed by atoms with Crippen molar-refractivity contribution in [3.8, 4) is 11.6 Å². The lowest BCUT2D eigenvalue weighted by Gasteiger charge is -2.27. The van der Waals surface area contributed by atoms with Crippen molar-refractivity contribution in [2.75, 3.05) is 20.2 Å². The van der Waals surface area contributed by atoms with Crippen LogP contribution in [0.25, 0.3) is 27.5 Å². The summed E-state index contributed by atoms with van der Waals surface area (Å²) in [4.78, 5) is 11.3. The van der Waals surface area contributed by atoms with Gasteiger partial charge in [-0.05, 0) is 68.8 Å². The average Bonchev–Trinajstić information content (AvgIpc) is 2.87. The van der Waals surface area contributed by atoms with Crippen LogP contribution in [-0.4, -0.2) is 39.6 Å². The van der Waals surface area contributed by atoms with Gasteiger partial charge in [-0.3, -0.25) is 4.90 Å². The molecule has 0 radical (unpaired) electrons. The quantitative estimate of drug-likeness (QED) is 0.507. The Labute approximate surface area is 169 Å². The standard InChI is InChI=1S/C24H24N4O/c1-15-3-6-22-18(11-15)20-13-27-9-7-16(8-10-27)23(20)28(22)17-4-5-21-19(12-17)24(29-2)26-14-25-21/h3-6,11-12,14,16H,7-10,13H2,1-2H3. The van der Waals surface area contributed by atoms with E-state index in [2.05, 4.69) is 62.8 Å². The van der Waals surface area contributed by atoms with Crippen LogP contribution in [0.2, 0.25) is 0 Å². The number of hydrogen-bond acceptors (Lipinski definition) is 4. The lowest BCUT2D eigenvalue weighted by molar-refractivity contribution is 0.220. The highest BCUT2D eigenvalue weighted by Crippen LogP contribution is 2.43. The second kappa shape index (κ2) is 6.29. The molecule has 3 aliphatic heterocycles. The normalized spacial score (nSPS) is 20.8. The Balaban J connectivity index is 1.68. The zero-order chi connectivity index (χ0) is 19.5. The van der Waals surface area contributed by atoms with Crippen molar-refractivity contribution in [3.63, 3.8) is 0 Å². The van der Waals surface area contributed by atoms with E-state index in [1.54, 1.807) is 13.4 Å². The molecule has 5 heteroatoms. The first-order valence-corrected chi connectivity index (χ1v) is 10.4. The first-order valence-electron chi connectivity index (χ1n) is 10.4. The number of fused-ring (bicyclic) bond motifs is 4. The predicted molar refractivity (Wildman–Crippen MR) is 115 cm³/mol. The van der Waals surface area contributed by atoms with Gasteiger partial charge in [0, 0.05) is 29.2 Å². The summed E-state index contributed by atoms with van der Waals surface area (Å²) in [7, 11) is 1.67. The summed E-state index contributed by atoms with van der Waals surface area (Å²) in [6.45, 7) is 5.64. The molecule has 29 heavy (non-hydrogen) atoms. The van der Waals surface area contributed by atoms with Crippen LogP contribution in [-0.2, 0) is 6.54 Å². The molecule has 5 nitrogen and oxygen atoms in total. The maximum absolute atomic E-state index is 5.52. The number of nitrogens with zero attached hydrogens (tertiary/aromatic N) is 4. The smallest absolute Gasteiger partial charge is 0.224 e. The van der Waals surface area contributed by atoms with Crippen LogP contribution in [0.1, 0.15) is 35.6 Å². The fraction of sp³-hybridized carbons (Fsp3) is 0.333. The summed E-state index contributed by atoms with van der Waals surface area (Å²) in [6, 6.07) is 13.3. The van der Waals surface area contributed by atoms with Crippen molar-refractivity contribution >= 4 is 21.8 Å². The molecule has 7 rings (SSSR count). The molecule has 0 spiro atoms. The topological polar surface area (TPSA) is 43.2 Å². The molecule has 1 saturated heterocycles. The van der Waals surface area contributed by atoms with Crippen molar-refractivity contribution in [2.45, 2.75) is 32.2 Å². The van der Waals surface area contributed by atoms with Crippen LogP contribution in [0.3, 0.4) is 0 Å². The number of ether oxygens (including phenoxy) is 1. The van der Waals surface area contributed by atoms with Crippen molar-refractivity contribution in [1.29, 1.82) is 0 Å². The summed E-state index contributed by atoms with van der Waals surface area (Å²) in [5.74, 6) is 1.24. The molecule has 2 bridgehead atoms. The Hall–Kier alpha value is -2.92. The molecular formula is C24H24N4O. The highest BCUT2D eigenvalue weighted by Gasteiger charge is 2.33. The zero-order valence-electron chi connectivity index (χ0n) is 16.9. The molecule has 1 fully saturated rings. The molecule has 146 valence electrons. The minimum atomic E-state index is 0.612. The SMILES string of the molecule is COc1ncnc2ccc(-n3c4c(c5cc(C)ccc53)CN3CCC4CC3)cc12. The Morgan fingerprint density at radius 3 is 2.69 bits per heavy atom. The van der Waals surface area contributed by atoms with E-state index in [9.17, 15) is 0 Å². The van der Waals surface area contributed by atoms with E-state index in [1.807, 2.05) is 0 Å². The van der Waals surface area contributed by atoms with E-state index in [1.165, 1.54) is 59.3 Å². The lowest BCUT2D eigenvalue weighted by atomic mass is 9.93. The molecule has 0 atom stereocenters. The van der Waals surface area contributed by atoms with Crippen molar-refractivity contribution in [1.82, 2.24) is 19.4 Å². The number of rotatable bonds is 2. The van der Waals surface area contributed by atoms with Gasteiger partial charge in [-0.2, -0.15) is 0 Å². The van der Waals surface area contributed by atoms with Crippen LogP contribution >= 0.6 is 0 Å². The summed E-state index contributed by atoms with van der Waals surface area (Å²) in [6.07, 6.45) is 4.04. The van der Waals surface area contributed by atoms with E-state index >= 15 is 0 Å². The van der Waals surface area contributed by atoms with Crippen LogP contribution in [0.15, 0.2) is 42.7 Å². The Kier molecular flexibility index (Phi) is 3.68. The first-order chi connectivity index (χ1) is 14.2. The number of piperidine rings is 1. The Morgan fingerprint density at radius 1 is 1.00 bits per heavy atom. The fourth-order valence-corrected chi connectivity index (χ4v) is 5.27. The molecule has 0 saturated carbocycles. The fourth-order valence-electron chi connectivity index (χ4n) is 5.27. The van der Waals surface area contributed by atoms with Crippen molar-refractivity contribution in [3.05, 3.63) is 59.5 Å². The van der Waals surface area contributed by atoms with Gasteiger partial charge in [0.25, 0.3) is 0 Å². The van der Waals surface area contributed by atoms with Gasteiger partial charge in [-0.1, -0.05) is 11.6 Å². The van der Waals surface area contributed by atoms with E-state index in [0.29, 0.717) is 11.8 Å². The second-order valence-electron chi connectivity index (χ2n) is 8.35. The molecule has 0 N–H and O–H groups in total. The third-order valence-electron chi connectivity index (χ3n) is 6.66. The number of methoxy groups -OCH3 is 1. The van der Waals surface area contributed by atoms with Gasteiger partial charge in [0.05, 0.1) is 23.5 Å². The van der Waals surface area contributed by atoms with Gasteiger partial charge < -0.3 is 9.30 Å². The van der Waals surface area contributed by atoms with Crippen LogP contribution in [0.5, 0.6) is 5.88 Å². The Bertz CT molecular complexity index is 1250. The maximum atomic E-state index is 5.52. The van der Waals surface area contributed by atoms with E-state index in [-0.39, 0.29) is 0 Å². The summed E-state index contributed by atoms with van der Waals surface area (Å²) in [5, 5.41) is 2.35. The molecule has 4 aromatic rings. The van der Waals surface area contributed by atoms with Crippen LogP contribution in [0.4, 0.5) is 0 Å². The third kappa shape index (κ3) is 2.50. The van der Waals surface area contributed by atoms with Gasteiger partial charge in [0.1, 0.15) is 6.33 Å². The maximum Gasteiger partial charge on any atom is 0.224 e. The molecule has 2 aromatic heterocycles. The van der Waals surface area contributed by atoms with E-state index in [0.717, 1.165) is 17.4 Å². The van der Waals surface area contributed by atoms with E-state index < -0.39 is 0 Å². The van der Waals surface area contributed by atoms with Gasteiger partial charge in [-0.15, -0.1) is 0 Å². The van der Waals surface area contributed by atoms with Crippen LogP contribution < -0.4 is 4.74 Å². The molecule has 3 aliphatic rings.